The summed E-state index contributed by atoms with van der Waals surface area (Å²) in [5.74, 6) is -0.221. The topological polar surface area (TPSA) is 84.3 Å². The first-order valence-corrected chi connectivity index (χ1v) is 10.8. The second-order valence-corrected chi connectivity index (χ2v) is 9.19. The van der Waals surface area contributed by atoms with Crippen molar-refractivity contribution < 1.29 is 13.2 Å². The predicted octanol–water partition coefficient (Wildman–Crippen LogP) is 2.97. The van der Waals surface area contributed by atoms with Crippen LogP contribution in [0.3, 0.4) is 0 Å². The van der Waals surface area contributed by atoms with Crippen molar-refractivity contribution in [1.82, 2.24) is 15.1 Å². The highest BCUT2D eigenvalue weighted by atomic mass is 35.5. The number of aromatic nitrogens is 2. The van der Waals surface area contributed by atoms with Gasteiger partial charge in [0.1, 0.15) is 17.9 Å². The van der Waals surface area contributed by atoms with Crippen molar-refractivity contribution in [3.05, 3.63) is 64.8 Å². The Morgan fingerprint density at radius 2 is 1.83 bits per heavy atom. The lowest BCUT2D eigenvalue weighted by Crippen LogP contribution is -2.30. The third kappa shape index (κ3) is 3.38. The van der Waals surface area contributed by atoms with E-state index in [-0.39, 0.29) is 17.3 Å². The summed E-state index contributed by atoms with van der Waals surface area (Å²) in [4.78, 5) is 12.7. The number of anilines is 1. The third-order valence-electron chi connectivity index (χ3n) is 4.97. The Bertz CT molecular complexity index is 1200. The van der Waals surface area contributed by atoms with E-state index in [1.54, 1.807) is 43.3 Å². The molecule has 7 nitrogen and oxygen atoms in total. The molecule has 150 valence electrons. The molecule has 2 aromatic carbocycles. The molecular formula is C20H19ClN4O3S. The molecule has 2 heterocycles. The van der Waals surface area contributed by atoms with Gasteiger partial charge in [-0.1, -0.05) is 41.9 Å². The lowest BCUT2D eigenvalue weighted by Gasteiger charge is -2.26. The van der Waals surface area contributed by atoms with Crippen molar-refractivity contribution in [3.63, 3.8) is 0 Å². The Kier molecular flexibility index (Phi) is 4.84. The number of amides is 1. The van der Waals surface area contributed by atoms with E-state index in [9.17, 15) is 13.2 Å². The van der Waals surface area contributed by atoms with Gasteiger partial charge < -0.3 is 5.32 Å². The molecule has 0 aliphatic carbocycles. The smallest absolute Gasteiger partial charge is 0.264 e. The van der Waals surface area contributed by atoms with E-state index in [1.165, 1.54) is 16.0 Å². The number of carbonyl (C=O) groups excluding carboxylic acids is 1. The molecule has 0 unspecified atom stereocenters. The van der Waals surface area contributed by atoms with Crippen LogP contribution in [0.15, 0.2) is 53.4 Å². The van der Waals surface area contributed by atoms with E-state index >= 15 is 0 Å². The molecule has 1 aliphatic heterocycles. The van der Waals surface area contributed by atoms with Gasteiger partial charge in [-0.3, -0.25) is 13.8 Å². The van der Waals surface area contributed by atoms with Crippen LogP contribution < -0.4 is 9.62 Å². The molecule has 29 heavy (non-hydrogen) atoms. The summed E-state index contributed by atoms with van der Waals surface area (Å²) >= 11 is 5.87. The van der Waals surface area contributed by atoms with Crippen molar-refractivity contribution in [2.45, 2.75) is 24.9 Å². The molecule has 9 heteroatoms. The minimum Gasteiger partial charge on any atom is -0.350 e. The van der Waals surface area contributed by atoms with Crippen LogP contribution in [0, 0.1) is 6.92 Å². The zero-order valence-electron chi connectivity index (χ0n) is 15.9. The molecule has 0 saturated heterocycles. The summed E-state index contributed by atoms with van der Waals surface area (Å²) in [5, 5.41) is 8.03. The number of hydrogen-bond acceptors (Lipinski definition) is 4. The summed E-state index contributed by atoms with van der Waals surface area (Å²) < 4.78 is 28.4. The third-order valence-corrected chi connectivity index (χ3v) is 7.03. The fourth-order valence-electron chi connectivity index (χ4n) is 3.40. The molecule has 0 radical (unpaired) electrons. The van der Waals surface area contributed by atoms with Gasteiger partial charge in [-0.15, -0.1) is 0 Å². The summed E-state index contributed by atoms with van der Waals surface area (Å²) in [6, 6.07) is 14.0. The predicted molar refractivity (Wildman–Crippen MR) is 111 cm³/mol. The van der Waals surface area contributed by atoms with Crippen LogP contribution in [0.5, 0.6) is 0 Å². The zero-order valence-corrected chi connectivity index (χ0v) is 17.5. The lowest BCUT2D eigenvalue weighted by molar-refractivity contribution is -0.122. The largest absolute Gasteiger partial charge is 0.350 e. The number of sulfonamides is 1. The number of rotatable bonds is 4. The summed E-state index contributed by atoms with van der Waals surface area (Å²) in [7, 11) is -2.15. The molecule has 0 bridgehead atoms. The van der Waals surface area contributed by atoms with Crippen molar-refractivity contribution in [2.75, 3.05) is 11.4 Å². The number of nitrogens with one attached hydrogen (secondary N) is 1. The van der Waals surface area contributed by atoms with Gasteiger partial charge >= 0.3 is 0 Å². The zero-order chi connectivity index (χ0) is 20.8. The van der Waals surface area contributed by atoms with Crippen molar-refractivity contribution in [3.8, 4) is 11.3 Å². The minimum atomic E-state index is -3.65. The highest BCUT2D eigenvalue weighted by Gasteiger charge is 2.36. The van der Waals surface area contributed by atoms with Gasteiger partial charge in [0.15, 0.2) is 0 Å². The molecule has 4 rings (SSSR count). The molecule has 0 atom stereocenters. The number of halogens is 1. The van der Waals surface area contributed by atoms with E-state index < -0.39 is 10.0 Å². The van der Waals surface area contributed by atoms with Crippen LogP contribution in [0.25, 0.3) is 11.3 Å². The van der Waals surface area contributed by atoms with Crippen molar-refractivity contribution in [2.24, 2.45) is 0 Å². The molecule has 0 saturated carbocycles. The van der Waals surface area contributed by atoms with Gasteiger partial charge in [-0.2, -0.15) is 5.10 Å². The van der Waals surface area contributed by atoms with Gasteiger partial charge in [0.25, 0.3) is 10.0 Å². The fraction of sp³-hybridized carbons (Fsp3) is 0.200. The first-order valence-electron chi connectivity index (χ1n) is 8.96. The van der Waals surface area contributed by atoms with Crippen LogP contribution in [-0.2, 0) is 27.9 Å². The molecule has 1 aliphatic rings. The molecule has 0 spiro atoms. The molecule has 1 amide bonds. The molecule has 0 fully saturated rings. The van der Waals surface area contributed by atoms with Gasteiger partial charge in [0.2, 0.25) is 5.91 Å². The van der Waals surface area contributed by atoms with Gasteiger partial charge in [-0.25, -0.2) is 8.42 Å². The monoisotopic (exact) mass is 430 g/mol. The maximum absolute atomic E-state index is 12.8. The van der Waals surface area contributed by atoms with Gasteiger partial charge in [-0.05, 0) is 30.7 Å². The second-order valence-electron chi connectivity index (χ2n) is 6.81. The Labute approximate surface area is 174 Å². The maximum atomic E-state index is 12.8. The maximum Gasteiger partial charge on any atom is 0.264 e. The first-order chi connectivity index (χ1) is 13.8. The molecule has 1 N–H and O–H groups in total. The van der Waals surface area contributed by atoms with Crippen LogP contribution in [0.1, 0.15) is 11.3 Å². The Hall–Kier alpha value is -2.84. The number of nitrogens with zero attached hydrogens (tertiary/aromatic N) is 3. The number of carbonyl (C=O) groups is 1. The lowest BCUT2D eigenvalue weighted by atomic mass is 10.1. The number of hydrogen-bond donors (Lipinski definition) is 1. The summed E-state index contributed by atoms with van der Waals surface area (Å²) in [6.07, 6.45) is 0. The highest BCUT2D eigenvalue weighted by Crippen LogP contribution is 2.43. The van der Waals surface area contributed by atoms with Crippen LogP contribution in [0.2, 0.25) is 5.02 Å². The Morgan fingerprint density at radius 1 is 1.14 bits per heavy atom. The Morgan fingerprint density at radius 3 is 2.55 bits per heavy atom. The second kappa shape index (κ2) is 7.20. The van der Waals surface area contributed by atoms with E-state index in [4.69, 9.17) is 11.6 Å². The van der Waals surface area contributed by atoms with E-state index in [0.717, 1.165) is 5.56 Å². The average Bonchev–Trinajstić information content (AvgIpc) is 3.02. The van der Waals surface area contributed by atoms with Gasteiger partial charge in [0.05, 0.1) is 10.6 Å². The summed E-state index contributed by atoms with van der Waals surface area (Å²) in [5.41, 5.74) is 3.14. The molecule has 3 aromatic rings. The normalized spacial score (nSPS) is 14.2. The number of fused-ring (bicyclic) bond motifs is 3. The van der Waals surface area contributed by atoms with E-state index in [2.05, 4.69) is 10.4 Å². The van der Waals surface area contributed by atoms with Crippen LogP contribution >= 0.6 is 11.6 Å². The highest BCUT2D eigenvalue weighted by molar-refractivity contribution is 7.93. The van der Waals surface area contributed by atoms with Crippen LogP contribution in [-0.4, -0.2) is 31.2 Å². The first kappa shape index (κ1) is 19.5. The SMILES string of the molecule is Cc1c2c(nn1CC(=O)NCc1ccc(Cl)cc1)-c1ccccc1S(=O)(=O)N2C. The molecule has 1 aromatic heterocycles. The fourth-order valence-corrected chi connectivity index (χ4v) is 4.97. The van der Waals surface area contributed by atoms with Crippen LogP contribution in [0.4, 0.5) is 5.69 Å². The van der Waals surface area contributed by atoms with Crippen molar-refractivity contribution in [1.29, 1.82) is 0 Å². The summed E-state index contributed by atoms with van der Waals surface area (Å²) in [6.45, 7) is 2.12. The average molecular weight is 431 g/mol. The van der Waals surface area contributed by atoms with E-state index in [0.29, 0.717) is 34.2 Å². The standard InChI is InChI=1S/C20H19ClN4O3S/c1-13-20-19(16-5-3-4-6-17(16)29(27,28)24(20)2)23-25(13)12-18(26)22-11-14-7-9-15(21)10-8-14/h3-10H,11-12H2,1-2H3,(H,22,26). The Balaban J connectivity index is 1.60. The van der Waals surface area contributed by atoms with E-state index in [1.807, 2.05) is 12.1 Å². The van der Waals surface area contributed by atoms with Crippen molar-refractivity contribution >= 4 is 33.2 Å². The quantitative estimate of drug-likeness (QED) is 0.689. The molecular weight excluding hydrogens is 412 g/mol. The minimum absolute atomic E-state index is 0.0114. The number of benzene rings is 2. The van der Waals surface area contributed by atoms with Gasteiger partial charge in [0, 0.05) is 24.2 Å².